The highest BCUT2D eigenvalue weighted by Crippen LogP contribution is 2.31. The first-order valence-corrected chi connectivity index (χ1v) is 12.7. The predicted molar refractivity (Wildman–Crippen MR) is 127 cm³/mol. The Bertz CT molecular complexity index is 1060. The number of ether oxygens (including phenoxy) is 1. The van der Waals surface area contributed by atoms with E-state index in [-0.39, 0.29) is 15.6 Å². The van der Waals surface area contributed by atoms with Crippen molar-refractivity contribution in [1.29, 1.82) is 0 Å². The standard InChI is InChI=1S/C22H26Cl2FN3O4S/c1-16(22(29)26-9-2-10-27-11-13-32-14-12-27)28(21-15-18(24)5-8-20(21)25)33(30,31)19-6-3-17(23)4-7-19/h3-8,15-16H,2,9-14H2,1H3,(H,26,29)/t16-/m1/s1. The molecule has 0 bridgehead atoms. The third-order valence-electron chi connectivity index (χ3n) is 5.30. The van der Waals surface area contributed by atoms with E-state index in [4.69, 9.17) is 27.9 Å². The van der Waals surface area contributed by atoms with Crippen LogP contribution < -0.4 is 9.62 Å². The summed E-state index contributed by atoms with van der Waals surface area (Å²) in [5.41, 5.74) is -0.312. The van der Waals surface area contributed by atoms with Gasteiger partial charge in [-0.25, -0.2) is 12.8 Å². The van der Waals surface area contributed by atoms with Gasteiger partial charge in [0.25, 0.3) is 10.0 Å². The van der Waals surface area contributed by atoms with Gasteiger partial charge in [-0.15, -0.1) is 0 Å². The van der Waals surface area contributed by atoms with E-state index in [0.717, 1.165) is 30.0 Å². The molecule has 1 N–H and O–H groups in total. The van der Waals surface area contributed by atoms with Crippen molar-refractivity contribution in [2.75, 3.05) is 43.7 Å². The molecule has 11 heteroatoms. The minimum atomic E-state index is -4.31. The lowest BCUT2D eigenvalue weighted by Crippen LogP contribution is -2.49. The summed E-state index contributed by atoms with van der Waals surface area (Å²) in [4.78, 5) is 15.0. The molecule has 7 nitrogen and oxygen atoms in total. The molecule has 0 aliphatic carbocycles. The molecule has 1 heterocycles. The predicted octanol–water partition coefficient (Wildman–Crippen LogP) is 3.55. The maximum absolute atomic E-state index is 14.7. The molecule has 1 fully saturated rings. The fourth-order valence-corrected chi connectivity index (χ4v) is 5.42. The number of amides is 1. The summed E-state index contributed by atoms with van der Waals surface area (Å²) in [6.07, 6.45) is 0.688. The van der Waals surface area contributed by atoms with Crippen molar-refractivity contribution in [3.05, 3.63) is 58.3 Å². The summed E-state index contributed by atoms with van der Waals surface area (Å²) < 4.78 is 47.7. The molecule has 3 rings (SSSR count). The van der Waals surface area contributed by atoms with Gasteiger partial charge in [0.1, 0.15) is 11.9 Å². The van der Waals surface area contributed by atoms with Crippen LogP contribution in [0.2, 0.25) is 10.0 Å². The van der Waals surface area contributed by atoms with Crippen molar-refractivity contribution in [2.45, 2.75) is 24.3 Å². The summed E-state index contributed by atoms with van der Waals surface area (Å²) >= 11 is 11.9. The number of anilines is 1. The van der Waals surface area contributed by atoms with Crippen LogP contribution in [-0.2, 0) is 19.6 Å². The number of morpholine rings is 1. The molecule has 180 valence electrons. The van der Waals surface area contributed by atoms with Gasteiger partial charge in [0.2, 0.25) is 5.91 Å². The molecule has 1 saturated heterocycles. The Kier molecular flexibility index (Phi) is 8.95. The van der Waals surface area contributed by atoms with Gasteiger partial charge >= 0.3 is 0 Å². The molecular formula is C22H26Cl2FN3O4S. The zero-order valence-corrected chi connectivity index (χ0v) is 20.5. The molecule has 2 aromatic rings. The highest BCUT2D eigenvalue weighted by atomic mass is 35.5. The number of carbonyl (C=O) groups excluding carboxylic acids is 1. The molecule has 0 spiro atoms. The van der Waals surface area contributed by atoms with E-state index < -0.39 is 27.8 Å². The third kappa shape index (κ3) is 6.58. The van der Waals surface area contributed by atoms with Crippen LogP contribution in [0.1, 0.15) is 13.3 Å². The van der Waals surface area contributed by atoms with Crippen LogP contribution in [0.3, 0.4) is 0 Å². The van der Waals surface area contributed by atoms with Crippen molar-refractivity contribution in [3.63, 3.8) is 0 Å². The van der Waals surface area contributed by atoms with Crippen molar-refractivity contribution >= 4 is 44.8 Å². The number of hydrogen-bond donors (Lipinski definition) is 1. The van der Waals surface area contributed by atoms with Crippen LogP contribution in [0, 0.1) is 5.82 Å². The van der Waals surface area contributed by atoms with Gasteiger partial charge < -0.3 is 10.1 Å². The number of hydrogen-bond acceptors (Lipinski definition) is 5. The maximum Gasteiger partial charge on any atom is 0.265 e. The van der Waals surface area contributed by atoms with E-state index in [0.29, 0.717) is 31.2 Å². The lowest BCUT2D eigenvalue weighted by atomic mass is 10.2. The number of sulfonamides is 1. The Morgan fingerprint density at radius 1 is 1.15 bits per heavy atom. The Balaban J connectivity index is 1.80. The second-order valence-electron chi connectivity index (χ2n) is 7.63. The molecule has 0 saturated carbocycles. The quantitative estimate of drug-likeness (QED) is 0.514. The number of benzene rings is 2. The lowest BCUT2D eigenvalue weighted by molar-refractivity contribution is -0.121. The summed E-state index contributed by atoms with van der Waals surface area (Å²) in [5, 5.41) is 3.25. The van der Waals surface area contributed by atoms with Gasteiger partial charge in [-0.05, 0) is 62.4 Å². The van der Waals surface area contributed by atoms with Gasteiger partial charge in [0.15, 0.2) is 0 Å². The van der Waals surface area contributed by atoms with E-state index in [1.165, 1.54) is 43.3 Å². The van der Waals surface area contributed by atoms with Crippen LogP contribution in [0.15, 0.2) is 47.4 Å². The number of rotatable bonds is 9. The van der Waals surface area contributed by atoms with E-state index in [9.17, 15) is 17.6 Å². The SMILES string of the molecule is C[C@H](C(=O)NCCCN1CCOCC1)N(c1cc(Cl)ccc1F)S(=O)(=O)c1ccc(Cl)cc1. The molecule has 1 aliphatic heterocycles. The minimum absolute atomic E-state index is 0.127. The van der Waals surface area contributed by atoms with Crippen LogP contribution in [0.5, 0.6) is 0 Å². The number of nitrogens with one attached hydrogen (secondary N) is 1. The number of carbonyl (C=O) groups is 1. The first-order valence-electron chi connectivity index (χ1n) is 10.5. The fourth-order valence-electron chi connectivity index (χ4n) is 3.51. The molecule has 0 aromatic heterocycles. The van der Waals surface area contributed by atoms with E-state index in [1.54, 1.807) is 0 Å². The third-order valence-corrected chi connectivity index (χ3v) is 7.69. The van der Waals surface area contributed by atoms with Gasteiger partial charge in [0, 0.05) is 29.7 Å². The van der Waals surface area contributed by atoms with Gasteiger partial charge in [0.05, 0.1) is 23.8 Å². The van der Waals surface area contributed by atoms with Crippen LogP contribution >= 0.6 is 23.2 Å². The van der Waals surface area contributed by atoms with E-state index >= 15 is 0 Å². The van der Waals surface area contributed by atoms with Gasteiger partial charge in [-0.3, -0.25) is 14.0 Å². The minimum Gasteiger partial charge on any atom is -0.379 e. The Morgan fingerprint density at radius 2 is 1.79 bits per heavy atom. The Morgan fingerprint density at radius 3 is 2.45 bits per heavy atom. The van der Waals surface area contributed by atoms with E-state index in [1.807, 2.05) is 0 Å². The largest absolute Gasteiger partial charge is 0.379 e. The van der Waals surface area contributed by atoms with Gasteiger partial charge in [-0.1, -0.05) is 23.2 Å². The van der Waals surface area contributed by atoms with Gasteiger partial charge in [-0.2, -0.15) is 0 Å². The average Bonchev–Trinajstić information content (AvgIpc) is 2.79. The monoisotopic (exact) mass is 517 g/mol. The van der Waals surface area contributed by atoms with Crippen molar-refractivity contribution in [3.8, 4) is 0 Å². The summed E-state index contributed by atoms with van der Waals surface area (Å²) in [5.74, 6) is -1.36. The van der Waals surface area contributed by atoms with Crippen molar-refractivity contribution in [1.82, 2.24) is 10.2 Å². The summed E-state index contributed by atoms with van der Waals surface area (Å²) in [6.45, 7) is 5.60. The topological polar surface area (TPSA) is 79.0 Å². The fraction of sp³-hybridized carbons (Fsp3) is 0.409. The first-order chi connectivity index (χ1) is 15.7. The average molecular weight is 518 g/mol. The second kappa shape index (κ2) is 11.5. The zero-order chi connectivity index (χ0) is 24.0. The summed E-state index contributed by atoms with van der Waals surface area (Å²) in [7, 11) is -4.31. The molecule has 1 atom stereocenters. The number of nitrogens with zero attached hydrogens (tertiary/aromatic N) is 2. The molecule has 1 amide bonds. The molecule has 33 heavy (non-hydrogen) atoms. The molecule has 0 radical (unpaired) electrons. The highest BCUT2D eigenvalue weighted by molar-refractivity contribution is 7.93. The lowest BCUT2D eigenvalue weighted by Gasteiger charge is -2.30. The van der Waals surface area contributed by atoms with E-state index in [2.05, 4.69) is 10.2 Å². The zero-order valence-electron chi connectivity index (χ0n) is 18.1. The molecule has 2 aromatic carbocycles. The highest BCUT2D eigenvalue weighted by Gasteiger charge is 2.35. The van der Waals surface area contributed by atoms with Crippen molar-refractivity contribution in [2.24, 2.45) is 0 Å². The Hall–Kier alpha value is -1.91. The van der Waals surface area contributed by atoms with Crippen LogP contribution in [0.25, 0.3) is 0 Å². The maximum atomic E-state index is 14.7. The van der Waals surface area contributed by atoms with Crippen LogP contribution in [0.4, 0.5) is 10.1 Å². The number of halogens is 3. The Labute approximate surface area is 203 Å². The van der Waals surface area contributed by atoms with Crippen molar-refractivity contribution < 1.29 is 22.3 Å². The summed E-state index contributed by atoms with van der Waals surface area (Å²) in [6, 6.07) is 7.77. The molecule has 0 unspecified atom stereocenters. The molecule has 1 aliphatic rings. The second-order valence-corrected chi connectivity index (χ2v) is 10.3. The van der Waals surface area contributed by atoms with Crippen LogP contribution in [-0.4, -0.2) is 64.7 Å². The smallest absolute Gasteiger partial charge is 0.265 e. The first kappa shape index (κ1) is 25.7. The molecular weight excluding hydrogens is 492 g/mol. The normalized spacial score (nSPS) is 15.8.